The number of carbonyl (C=O) groups is 2. The lowest BCUT2D eigenvalue weighted by atomic mass is 10.0. The van der Waals surface area contributed by atoms with E-state index in [9.17, 15) is 22.8 Å². The first kappa shape index (κ1) is 29.8. The zero-order valence-electron chi connectivity index (χ0n) is 22.6. The van der Waals surface area contributed by atoms with Crippen LogP contribution in [0.1, 0.15) is 71.4 Å². The molecule has 0 aromatic heterocycles. The van der Waals surface area contributed by atoms with Crippen LogP contribution in [0.2, 0.25) is 0 Å². The summed E-state index contributed by atoms with van der Waals surface area (Å²) < 4.78 is 40.5. The largest absolute Gasteiger partial charge is 0.417 e. The van der Waals surface area contributed by atoms with Crippen LogP contribution in [-0.4, -0.2) is 75.4 Å². The third-order valence-electron chi connectivity index (χ3n) is 7.61. The molecule has 2 amide bonds. The number of unbranched alkanes of at least 4 members (excludes halogenated alkanes) is 3. The van der Waals surface area contributed by atoms with Crippen molar-refractivity contribution in [3.63, 3.8) is 0 Å². The molecule has 2 aliphatic heterocycles. The lowest BCUT2D eigenvalue weighted by molar-refractivity contribution is -0.138. The highest BCUT2D eigenvalue weighted by Gasteiger charge is 2.49. The molecular weight excluding hydrogens is 515 g/mol. The molecule has 1 aromatic rings. The molecule has 2 unspecified atom stereocenters. The van der Waals surface area contributed by atoms with Gasteiger partial charge in [-0.15, -0.1) is 0 Å². The summed E-state index contributed by atoms with van der Waals surface area (Å²) in [6.07, 6.45) is -1.00. The summed E-state index contributed by atoms with van der Waals surface area (Å²) >= 11 is 5.56. The maximum Gasteiger partial charge on any atom is 0.417 e. The number of halogens is 3. The van der Waals surface area contributed by atoms with Crippen LogP contribution in [0.15, 0.2) is 18.2 Å². The molecule has 7 nitrogen and oxygen atoms in total. The highest BCUT2D eigenvalue weighted by molar-refractivity contribution is 7.80. The number of thiocarbonyl (C=S) groups is 1. The Bertz CT molecular complexity index is 1100. The van der Waals surface area contributed by atoms with Gasteiger partial charge in [0.2, 0.25) is 5.91 Å². The molecule has 1 aromatic carbocycles. The lowest BCUT2D eigenvalue weighted by Gasteiger charge is -2.44. The minimum atomic E-state index is -4.72. The van der Waals surface area contributed by atoms with Crippen LogP contribution in [0.3, 0.4) is 0 Å². The highest BCUT2D eigenvalue weighted by atomic mass is 32.1. The van der Waals surface area contributed by atoms with Crippen molar-refractivity contribution in [3.8, 4) is 6.07 Å². The van der Waals surface area contributed by atoms with E-state index in [0.717, 1.165) is 62.4 Å². The minimum Gasteiger partial charge on any atom is -0.340 e. The van der Waals surface area contributed by atoms with Crippen LogP contribution in [0, 0.1) is 11.3 Å². The van der Waals surface area contributed by atoms with E-state index in [1.807, 2.05) is 4.90 Å². The van der Waals surface area contributed by atoms with Gasteiger partial charge in [0.15, 0.2) is 5.11 Å². The first-order valence-electron chi connectivity index (χ1n) is 13.0. The van der Waals surface area contributed by atoms with Gasteiger partial charge in [0, 0.05) is 38.6 Å². The molecule has 2 atom stereocenters. The van der Waals surface area contributed by atoms with Gasteiger partial charge in [-0.3, -0.25) is 19.4 Å². The van der Waals surface area contributed by atoms with Crippen LogP contribution in [-0.2, 0) is 15.8 Å². The van der Waals surface area contributed by atoms with Crippen molar-refractivity contribution >= 4 is 34.8 Å². The van der Waals surface area contributed by atoms with Crippen LogP contribution < -0.4 is 4.90 Å². The van der Waals surface area contributed by atoms with Crippen LogP contribution in [0.5, 0.6) is 0 Å². The van der Waals surface area contributed by atoms with Gasteiger partial charge in [-0.25, -0.2) is 0 Å². The number of piperazine rings is 1. The van der Waals surface area contributed by atoms with Crippen LogP contribution in [0.4, 0.5) is 18.9 Å². The van der Waals surface area contributed by atoms with Gasteiger partial charge in [-0.2, -0.15) is 18.4 Å². The number of rotatable bonds is 8. The van der Waals surface area contributed by atoms with E-state index in [1.54, 1.807) is 31.7 Å². The predicted octanol–water partition coefficient (Wildman–Crippen LogP) is 4.79. The molecule has 38 heavy (non-hydrogen) atoms. The van der Waals surface area contributed by atoms with Crippen molar-refractivity contribution in [2.24, 2.45) is 0 Å². The number of hydrogen-bond donors (Lipinski definition) is 0. The number of nitriles is 1. The average molecular weight is 552 g/mol. The summed E-state index contributed by atoms with van der Waals surface area (Å²) in [5.74, 6) is -0.281. The zero-order chi connectivity index (χ0) is 28.4. The number of anilines is 1. The third-order valence-corrected chi connectivity index (χ3v) is 8.01. The Kier molecular flexibility index (Phi) is 9.09. The number of alkyl halides is 3. The fourth-order valence-electron chi connectivity index (χ4n) is 5.41. The number of nitrogens with zero attached hydrogens (tertiary/aromatic N) is 5. The summed E-state index contributed by atoms with van der Waals surface area (Å²) in [5, 5.41) is 9.24. The molecule has 2 saturated heterocycles. The van der Waals surface area contributed by atoms with E-state index in [1.165, 1.54) is 6.07 Å². The van der Waals surface area contributed by atoms with E-state index in [-0.39, 0.29) is 16.7 Å². The monoisotopic (exact) mass is 551 g/mol. The third kappa shape index (κ3) is 6.12. The van der Waals surface area contributed by atoms with Gasteiger partial charge < -0.3 is 9.80 Å². The molecule has 0 saturated carbocycles. The topological polar surface area (TPSA) is 70.9 Å². The van der Waals surface area contributed by atoms with E-state index in [2.05, 4.69) is 18.7 Å². The van der Waals surface area contributed by atoms with Crippen molar-refractivity contribution in [1.82, 2.24) is 14.7 Å². The molecule has 0 aliphatic carbocycles. The van der Waals surface area contributed by atoms with Gasteiger partial charge in [0.05, 0.1) is 22.9 Å². The Morgan fingerprint density at radius 1 is 1.11 bits per heavy atom. The van der Waals surface area contributed by atoms with Crippen molar-refractivity contribution in [2.45, 2.75) is 84.1 Å². The molecule has 2 aliphatic rings. The number of amides is 2. The Morgan fingerprint density at radius 3 is 2.21 bits per heavy atom. The molecule has 0 N–H and O–H groups in total. The summed E-state index contributed by atoms with van der Waals surface area (Å²) in [7, 11) is 0. The highest BCUT2D eigenvalue weighted by Crippen LogP contribution is 2.38. The Labute approximate surface area is 228 Å². The molecule has 2 heterocycles. The van der Waals surface area contributed by atoms with E-state index in [0.29, 0.717) is 18.6 Å². The van der Waals surface area contributed by atoms with Gasteiger partial charge >= 0.3 is 6.18 Å². The Hall–Kier alpha value is -2.71. The quantitative estimate of drug-likeness (QED) is 0.342. The molecule has 208 valence electrons. The summed E-state index contributed by atoms with van der Waals surface area (Å²) in [4.78, 5) is 32.2. The fourth-order valence-corrected chi connectivity index (χ4v) is 5.92. The zero-order valence-corrected chi connectivity index (χ0v) is 23.5. The summed E-state index contributed by atoms with van der Waals surface area (Å²) in [6, 6.07) is 5.40. The SMILES string of the molecule is CC(=O)N1CC(C)N(CCCCCCN2C(=S)N(c3ccc(C#N)c(C(F)(F)F)c3)C(=O)C2(C)C)C(C)C1. The molecule has 2 fully saturated rings. The first-order valence-corrected chi connectivity index (χ1v) is 13.4. The van der Waals surface area contributed by atoms with Gasteiger partial charge in [-0.05, 0) is 77.5 Å². The van der Waals surface area contributed by atoms with Crippen molar-refractivity contribution in [1.29, 1.82) is 5.26 Å². The maximum atomic E-state index is 13.5. The first-order chi connectivity index (χ1) is 17.7. The predicted molar refractivity (Wildman–Crippen MR) is 143 cm³/mol. The van der Waals surface area contributed by atoms with Crippen molar-refractivity contribution < 1.29 is 22.8 Å². The molecule has 0 radical (unpaired) electrons. The Morgan fingerprint density at radius 2 is 1.68 bits per heavy atom. The van der Waals surface area contributed by atoms with E-state index in [4.69, 9.17) is 17.5 Å². The van der Waals surface area contributed by atoms with Gasteiger partial charge in [0.25, 0.3) is 5.91 Å². The molecule has 0 bridgehead atoms. The molecule has 11 heteroatoms. The summed E-state index contributed by atoms with van der Waals surface area (Å²) in [5.41, 5.74) is -2.57. The maximum absolute atomic E-state index is 13.5. The number of carbonyl (C=O) groups excluding carboxylic acids is 2. The minimum absolute atomic E-state index is 0.00927. The van der Waals surface area contributed by atoms with Crippen LogP contribution in [0.25, 0.3) is 0 Å². The Balaban J connectivity index is 1.56. The molecule has 3 rings (SSSR count). The normalized spacial score (nSPS) is 22.2. The van der Waals surface area contributed by atoms with E-state index < -0.39 is 28.7 Å². The molecule has 0 spiro atoms. The van der Waals surface area contributed by atoms with Gasteiger partial charge in [-0.1, -0.05) is 12.8 Å². The number of hydrogen-bond acceptors (Lipinski definition) is 5. The standard InChI is InChI=1S/C27H36F3N5O2S/c1-18-16-32(20(3)36)17-19(2)33(18)12-8-6-7-9-13-34-25(38)35(24(37)26(34,4)5)22-11-10-21(15-31)23(14-22)27(28,29)30/h10-11,14,18-19H,6-9,12-13,16-17H2,1-5H3. The fraction of sp³-hybridized carbons (Fsp3) is 0.630. The average Bonchev–Trinajstić information content (AvgIpc) is 3.00. The smallest absolute Gasteiger partial charge is 0.340 e. The second kappa shape index (κ2) is 11.6. The lowest BCUT2D eigenvalue weighted by Crippen LogP contribution is -2.57. The second-order valence-electron chi connectivity index (χ2n) is 10.7. The van der Waals surface area contributed by atoms with Gasteiger partial charge in [0.1, 0.15) is 5.54 Å². The van der Waals surface area contributed by atoms with Crippen molar-refractivity contribution in [3.05, 3.63) is 29.3 Å². The number of benzene rings is 1. The summed E-state index contributed by atoms with van der Waals surface area (Å²) in [6.45, 7) is 12.3. The van der Waals surface area contributed by atoms with Crippen LogP contribution >= 0.6 is 12.2 Å². The van der Waals surface area contributed by atoms with E-state index >= 15 is 0 Å². The molecular formula is C27H36F3N5O2S. The van der Waals surface area contributed by atoms with Crippen molar-refractivity contribution in [2.75, 3.05) is 31.1 Å². The second-order valence-corrected chi connectivity index (χ2v) is 11.1.